The Kier molecular flexibility index (Phi) is 6.90. The Morgan fingerprint density at radius 2 is 1.77 bits per heavy atom. The number of carbonyl (C=O) groups is 2. The first-order chi connectivity index (χ1) is 14.4. The molecule has 1 heterocycles. The van der Waals surface area contributed by atoms with Gasteiger partial charge in [0, 0.05) is 28.9 Å². The quantitative estimate of drug-likeness (QED) is 0.533. The van der Waals surface area contributed by atoms with E-state index in [1.165, 1.54) is 17.3 Å². The lowest BCUT2D eigenvalue weighted by Gasteiger charge is -2.13. The molecule has 2 aromatic carbocycles. The topological polar surface area (TPSA) is 71.1 Å². The third-order valence-corrected chi connectivity index (χ3v) is 5.84. The molecule has 3 rings (SSSR count). The fraction of sp³-hybridized carbons (Fsp3) is 0.208. The summed E-state index contributed by atoms with van der Waals surface area (Å²) in [6.45, 7) is 7.82. The maximum atomic E-state index is 13.1. The molecule has 2 amide bonds. The average molecular weight is 420 g/mol. The summed E-state index contributed by atoms with van der Waals surface area (Å²) in [4.78, 5) is 30.2. The number of nitrogens with one attached hydrogen (secondary N) is 2. The molecule has 0 atom stereocenters. The molecule has 0 saturated heterocycles. The number of aromatic nitrogens is 1. The molecule has 0 spiro atoms. The van der Waals surface area contributed by atoms with Crippen LogP contribution < -0.4 is 10.6 Å². The van der Waals surface area contributed by atoms with E-state index in [0.29, 0.717) is 28.4 Å². The highest BCUT2D eigenvalue weighted by molar-refractivity contribution is 7.99. The van der Waals surface area contributed by atoms with Crippen LogP contribution in [0, 0.1) is 20.8 Å². The first-order valence-corrected chi connectivity index (χ1v) is 10.6. The van der Waals surface area contributed by atoms with Gasteiger partial charge >= 0.3 is 0 Å². The van der Waals surface area contributed by atoms with Crippen molar-refractivity contribution in [2.24, 2.45) is 0 Å². The molecular formula is C24H25N3O2S. The summed E-state index contributed by atoms with van der Waals surface area (Å²) >= 11 is 1.48. The summed E-state index contributed by atoms with van der Waals surface area (Å²) in [6.07, 6.45) is 2.08. The highest BCUT2D eigenvalue weighted by Crippen LogP contribution is 2.32. The van der Waals surface area contributed by atoms with Gasteiger partial charge in [0.25, 0.3) is 5.91 Å². The minimum absolute atomic E-state index is 0.0736. The molecular weight excluding hydrogens is 394 g/mol. The zero-order chi connectivity index (χ0) is 21.7. The van der Waals surface area contributed by atoms with E-state index in [-0.39, 0.29) is 11.8 Å². The Labute approximate surface area is 181 Å². The Hall–Kier alpha value is -3.12. The Bertz CT molecular complexity index is 1100. The minimum atomic E-state index is -0.238. The van der Waals surface area contributed by atoms with Crippen LogP contribution in [-0.4, -0.2) is 16.8 Å². The minimum Gasteiger partial charge on any atom is -0.326 e. The van der Waals surface area contributed by atoms with Crippen LogP contribution in [0.5, 0.6) is 0 Å². The van der Waals surface area contributed by atoms with Gasteiger partial charge in [-0.25, -0.2) is 4.98 Å². The number of hydrogen-bond acceptors (Lipinski definition) is 4. The number of hydrogen-bond donors (Lipinski definition) is 2. The first-order valence-electron chi connectivity index (χ1n) is 9.79. The van der Waals surface area contributed by atoms with Gasteiger partial charge in [0.05, 0.1) is 5.56 Å². The Balaban J connectivity index is 1.84. The molecule has 0 aliphatic carbocycles. The summed E-state index contributed by atoms with van der Waals surface area (Å²) in [6, 6.07) is 15.2. The molecule has 0 radical (unpaired) electrons. The molecule has 5 nitrogen and oxygen atoms in total. The van der Waals surface area contributed by atoms with Crippen molar-refractivity contribution in [3.63, 3.8) is 0 Å². The summed E-state index contributed by atoms with van der Waals surface area (Å²) in [5.74, 6) is -0.312. The van der Waals surface area contributed by atoms with E-state index in [2.05, 4.69) is 47.7 Å². The van der Waals surface area contributed by atoms with E-state index in [4.69, 9.17) is 0 Å². The third-order valence-electron chi connectivity index (χ3n) is 4.64. The lowest BCUT2D eigenvalue weighted by molar-refractivity contribution is -0.115. The van der Waals surface area contributed by atoms with Crippen molar-refractivity contribution in [1.82, 2.24) is 4.98 Å². The second-order valence-corrected chi connectivity index (χ2v) is 8.14. The predicted molar refractivity (Wildman–Crippen MR) is 122 cm³/mol. The van der Waals surface area contributed by atoms with Gasteiger partial charge in [-0.1, -0.05) is 42.4 Å². The maximum Gasteiger partial charge on any atom is 0.258 e. The van der Waals surface area contributed by atoms with Crippen LogP contribution in [-0.2, 0) is 4.79 Å². The lowest BCUT2D eigenvalue weighted by atomic mass is 10.1. The number of nitrogens with zero attached hydrogens (tertiary/aromatic N) is 1. The molecule has 0 aliphatic heterocycles. The molecule has 3 aromatic rings. The van der Waals surface area contributed by atoms with Gasteiger partial charge in [-0.3, -0.25) is 9.59 Å². The van der Waals surface area contributed by atoms with E-state index < -0.39 is 0 Å². The predicted octanol–water partition coefficient (Wildman–Crippen LogP) is 5.76. The number of aryl methyl sites for hydroxylation is 3. The van der Waals surface area contributed by atoms with Gasteiger partial charge in [-0.2, -0.15) is 0 Å². The van der Waals surface area contributed by atoms with Crippen LogP contribution in [0.25, 0.3) is 0 Å². The summed E-state index contributed by atoms with van der Waals surface area (Å²) in [7, 11) is 0. The highest BCUT2D eigenvalue weighted by Gasteiger charge is 2.16. The van der Waals surface area contributed by atoms with Gasteiger partial charge in [0.1, 0.15) is 5.03 Å². The van der Waals surface area contributed by atoms with Crippen molar-refractivity contribution < 1.29 is 9.59 Å². The lowest BCUT2D eigenvalue weighted by Crippen LogP contribution is -2.15. The van der Waals surface area contributed by atoms with Gasteiger partial charge in [0.15, 0.2) is 0 Å². The highest BCUT2D eigenvalue weighted by atomic mass is 32.2. The van der Waals surface area contributed by atoms with E-state index in [1.807, 2.05) is 19.1 Å². The van der Waals surface area contributed by atoms with Gasteiger partial charge in [-0.15, -0.1) is 0 Å². The van der Waals surface area contributed by atoms with Crippen LogP contribution in [0.2, 0.25) is 0 Å². The van der Waals surface area contributed by atoms with Crippen LogP contribution in [0.3, 0.4) is 0 Å². The standard InChI is InChI=1S/C24H25N3O2S/c1-5-22(28)26-18-10-9-16(3)20(14-18)27-23(29)19-7-6-12-25-24(19)30-21-11-8-15(2)13-17(21)4/h6-14H,5H2,1-4H3,(H,26,28)(H,27,29). The van der Waals surface area contributed by atoms with Crippen LogP contribution >= 0.6 is 11.8 Å². The second kappa shape index (κ2) is 9.59. The molecule has 0 saturated carbocycles. The average Bonchev–Trinajstić information content (AvgIpc) is 2.72. The Morgan fingerprint density at radius 1 is 0.967 bits per heavy atom. The fourth-order valence-electron chi connectivity index (χ4n) is 2.94. The van der Waals surface area contributed by atoms with Crippen molar-refractivity contribution in [3.05, 3.63) is 77.0 Å². The summed E-state index contributed by atoms with van der Waals surface area (Å²) < 4.78 is 0. The monoisotopic (exact) mass is 419 g/mol. The molecule has 0 fully saturated rings. The van der Waals surface area contributed by atoms with Crippen LogP contribution in [0.4, 0.5) is 11.4 Å². The molecule has 1 aromatic heterocycles. The third kappa shape index (κ3) is 5.27. The molecule has 0 aliphatic rings. The molecule has 30 heavy (non-hydrogen) atoms. The number of amides is 2. The van der Waals surface area contributed by atoms with Crippen LogP contribution in [0.1, 0.15) is 40.4 Å². The Morgan fingerprint density at radius 3 is 2.50 bits per heavy atom. The molecule has 2 N–H and O–H groups in total. The number of benzene rings is 2. The number of carbonyl (C=O) groups excluding carboxylic acids is 2. The number of anilines is 2. The van der Waals surface area contributed by atoms with Gasteiger partial charge in [0.2, 0.25) is 5.91 Å². The van der Waals surface area contributed by atoms with Crippen LogP contribution in [0.15, 0.2) is 64.6 Å². The smallest absolute Gasteiger partial charge is 0.258 e. The van der Waals surface area contributed by atoms with Gasteiger partial charge < -0.3 is 10.6 Å². The molecule has 6 heteroatoms. The molecule has 0 unspecified atom stereocenters. The van der Waals surface area contributed by atoms with Gasteiger partial charge in [-0.05, 0) is 62.2 Å². The second-order valence-electron chi connectivity index (χ2n) is 7.11. The summed E-state index contributed by atoms with van der Waals surface area (Å²) in [5, 5.41) is 6.43. The van der Waals surface area contributed by atoms with E-state index >= 15 is 0 Å². The van der Waals surface area contributed by atoms with E-state index in [1.54, 1.807) is 31.3 Å². The fourth-order valence-corrected chi connectivity index (χ4v) is 3.88. The van der Waals surface area contributed by atoms with Crippen molar-refractivity contribution >= 4 is 35.0 Å². The number of rotatable bonds is 6. The maximum absolute atomic E-state index is 13.1. The number of pyridine rings is 1. The molecule has 0 bridgehead atoms. The first kappa shape index (κ1) is 21.6. The van der Waals surface area contributed by atoms with Crippen molar-refractivity contribution in [2.45, 2.75) is 44.0 Å². The molecule has 154 valence electrons. The zero-order valence-corrected chi connectivity index (χ0v) is 18.4. The van der Waals surface area contributed by atoms with E-state index in [0.717, 1.165) is 16.0 Å². The zero-order valence-electron chi connectivity index (χ0n) is 17.6. The largest absolute Gasteiger partial charge is 0.326 e. The van der Waals surface area contributed by atoms with Crippen molar-refractivity contribution in [1.29, 1.82) is 0 Å². The summed E-state index contributed by atoms with van der Waals surface area (Å²) in [5.41, 5.74) is 5.06. The van der Waals surface area contributed by atoms with Crippen molar-refractivity contribution in [3.8, 4) is 0 Å². The SMILES string of the molecule is CCC(=O)Nc1ccc(C)c(NC(=O)c2cccnc2Sc2ccc(C)cc2C)c1. The van der Waals surface area contributed by atoms with E-state index in [9.17, 15) is 9.59 Å². The normalized spacial score (nSPS) is 10.5. The van der Waals surface area contributed by atoms with Crippen molar-refractivity contribution in [2.75, 3.05) is 10.6 Å².